The van der Waals surface area contributed by atoms with Crippen molar-refractivity contribution in [1.29, 1.82) is 0 Å². The van der Waals surface area contributed by atoms with Crippen LogP contribution >= 0.6 is 0 Å². The molecule has 0 saturated heterocycles. The molecular formula is C29H23F8NO5. The van der Waals surface area contributed by atoms with Gasteiger partial charge in [0.25, 0.3) is 5.91 Å². The molecule has 6 nitrogen and oxygen atoms in total. The smallest absolute Gasteiger partial charge is 0.314 e. The van der Waals surface area contributed by atoms with Gasteiger partial charge in [-0.15, -0.1) is 0 Å². The molecule has 0 aromatic heterocycles. The molecule has 0 aliphatic heterocycles. The summed E-state index contributed by atoms with van der Waals surface area (Å²) < 4.78 is 126. The number of benzene rings is 3. The van der Waals surface area contributed by atoms with E-state index in [1.807, 2.05) is 0 Å². The zero-order chi connectivity index (χ0) is 31.4. The van der Waals surface area contributed by atoms with Crippen molar-refractivity contribution < 1.29 is 58.9 Å². The standard InChI is InChI=1S/C29H23F8NO5/c1-41-16-8-4-14(5-9-16)12-42-26-18(30)10-17(19(31)23(26)35)28(39)38-11-13-2-6-15(7-3-13)29(40)43-27-24(36)21(33)20(32)22(34)25(27)37/h4-5,8-10,13,15H,2-3,6-7,11-12H2,1H3,(H,38,39)/t13-,15-. The molecule has 0 atom stereocenters. The summed E-state index contributed by atoms with van der Waals surface area (Å²) in [4.78, 5) is 24.8. The van der Waals surface area contributed by atoms with Crippen LogP contribution in [-0.4, -0.2) is 25.5 Å². The van der Waals surface area contributed by atoms with Gasteiger partial charge in [0.2, 0.25) is 40.7 Å². The Kier molecular flexibility index (Phi) is 9.77. The molecule has 0 spiro atoms. The van der Waals surface area contributed by atoms with Gasteiger partial charge in [-0.25, -0.2) is 22.0 Å². The third kappa shape index (κ3) is 6.83. The van der Waals surface area contributed by atoms with Crippen LogP contribution in [-0.2, 0) is 11.4 Å². The quantitative estimate of drug-likeness (QED) is 0.0973. The van der Waals surface area contributed by atoms with E-state index in [4.69, 9.17) is 9.47 Å². The maximum Gasteiger partial charge on any atom is 0.314 e. The van der Waals surface area contributed by atoms with Crippen LogP contribution in [0.25, 0.3) is 0 Å². The van der Waals surface area contributed by atoms with E-state index in [9.17, 15) is 44.7 Å². The normalized spacial score (nSPS) is 16.5. The molecule has 1 saturated carbocycles. The summed E-state index contributed by atoms with van der Waals surface area (Å²) in [6.45, 7) is -0.364. The second kappa shape index (κ2) is 13.3. The highest BCUT2D eigenvalue weighted by molar-refractivity contribution is 5.94. The first kappa shape index (κ1) is 31.6. The average molecular weight is 617 g/mol. The van der Waals surface area contributed by atoms with Crippen molar-refractivity contribution in [1.82, 2.24) is 5.32 Å². The highest BCUT2D eigenvalue weighted by atomic mass is 19.2. The molecule has 3 aromatic carbocycles. The van der Waals surface area contributed by atoms with Gasteiger partial charge in [0.15, 0.2) is 17.4 Å². The molecule has 14 heteroatoms. The zero-order valence-corrected chi connectivity index (χ0v) is 22.3. The number of carbonyl (C=O) groups is 2. The van der Waals surface area contributed by atoms with Crippen LogP contribution in [0, 0.1) is 58.4 Å². The van der Waals surface area contributed by atoms with E-state index in [1.54, 1.807) is 24.3 Å². The number of esters is 1. The van der Waals surface area contributed by atoms with Crippen molar-refractivity contribution in [3.05, 3.63) is 88.0 Å². The maximum atomic E-state index is 14.7. The number of rotatable bonds is 9. The number of ether oxygens (including phenoxy) is 3. The Balaban J connectivity index is 1.30. The minimum absolute atomic E-state index is 0.0728. The lowest BCUT2D eigenvalue weighted by Gasteiger charge is -2.27. The van der Waals surface area contributed by atoms with E-state index >= 15 is 0 Å². The van der Waals surface area contributed by atoms with Crippen molar-refractivity contribution in [2.45, 2.75) is 32.3 Å². The molecule has 43 heavy (non-hydrogen) atoms. The van der Waals surface area contributed by atoms with Gasteiger partial charge < -0.3 is 19.5 Å². The van der Waals surface area contributed by atoms with Gasteiger partial charge in [-0.05, 0) is 55.4 Å². The van der Waals surface area contributed by atoms with E-state index in [2.05, 4.69) is 10.1 Å². The van der Waals surface area contributed by atoms with E-state index < -0.39 is 81.4 Å². The summed E-state index contributed by atoms with van der Waals surface area (Å²) in [5, 5.41) is 2.37. The number of methoxy groups -OCH3 is 1. The lowest BCUT2D eigenvalue weighted by atomic mass is 9.82. The summed E-state index contributed by atoms with van der Waals surface area (Å²) in [6.07, 6.45) is 0.653. The Morgan fingerprint density at radius 3 is 1.91 bits per heavy atom. The largest absolute Gasteiger partial charge is 0.497 e. The predicted octanol–water partition coefficient (Wildman–Crippen LogP) is 6.53. The molecule has 0 unspecified atom stereocenters. The van der Waals surface area contributed by atoms with Gasteiger partial charge >= 0.3 is 5.97 Å². The molecular weight excluding hydrogens is 594 g/mol. The van der Waals surface area contributed by atoms with Gasteiger partial charge in [-0.1, -0.05) is 12.1 Å². The van der Waals surface area contributed by atoms with Crippen molar-refractivity contribution in [2.24, 2.45) is 11.8 Å². The first-order valence-electron chi connectivity index (χ1n) is 12.9. The molecule has 0 bridgehead atoms. The van der Waals surface area contributed by atoms with E-state index in [0.717, 1.165) is 0 Å². The van der Waals surface area contributed by atoms with E-state index in [0.29, 0.717) is 17.4 Å². The fourth-order valence-corrected chi connectivity index (χ4v) is 4.55. The monoisotopic (exact) mass is 617 g/mol. The molecule has 4 rings (SSSR count). The minimum Gasteiger partial charge on any atom is -0.497 e. The molecule has 1 fully saturated rings. The van der Waals surface area contributed by atoms with Crippen LogP contribution < -0.4 is 19.5 Å². The summed E-state index contributed by atoms with van der Waals surface area (Å²) in [5.41, 5.74) is -0.380. The van der Waals surface area contributed by atoms with Crippen LogP contribution in [0.1, 0.15) is 41.6 Å². The SMILES string of the molecule is COc1ccc(COc2c(F)cc(C(=O)NC[C@H]3CC[C@H](C(=O)Oc4c(F)c(F)c(F)c(F)c4F)CC3)c(F)c2F)cc1. The second-order valence-corrected chi connectivity index (χ2v) is 9.75. The molecule has 3 aromatic rings. The third-order valence-corrected chi connectivity index (χ3v) is 7.01. The lowest BCUT2D eigenvalue weighted by molar-refractivity contribution is -0.140. The van der Waals surface area contributed by atoms with Gasteiger partial charge in [-0.3, -0.25) is 9.59 Å². The van der Waals surface area contributed by atoms with Crippen LogP contribution in [0.15, 0.2) is 30.3 Å². The third-order valence-electron chi connectivity index (χ3n) is 7.01. The van der Waals surface area contributed by atoms with Crippen LogP contribution in [0.2, 0.25) is 0 Å². The molecule has 0 radical (unpaired) electrons. The molecule has 1 aliphatic rings. The average Bonchev–Trinajstić information content (AvgIpc) is 3.02. The van der Waals surface area contributed by atoms with Gasteiger partial charge in [0, 0.05) is 6.54 Å². The highest BCUT2D eigenvalue weighted by Gasteiger charge is 2.33. The fraction of sp³-hybridized carbons (Fsp3) is 0.310. The Bertz CT molecular complexity index is 1500. The predicted molar refractivity (Wildman–Crippen MR) is 133 cm³/mol. The Hall–Kier alpha value is -4.36. The lowest BCUT2D eigenvalue weighted by Crippen LogP contribution is -2.34. The topological polar surface area (TPSA) is 73.9 Å². The Morgan fingerprint density at radius 1 is 0.767 bits per heavy atom. The van der Waals surface area contributed by atoms with Crippen molar-refractivity contribution in [2.75, 3.05) is 13.7 Å². The second-order valence-electron chi connectivity index (χ2n) is 9.75. The first-order valence-corrected chi connectivity index (χ1v) is 12.9. The molecule has 1 N–H and O–H groups in total. The molecule has 1 aliphatic carbocycles. The number of halogens is 8. The van der Waals surface area contributed by atoms with Crippen molar-refractivity contribution in [3.63, 3.8) is 0 Å². The number of hydrogen-bond donors (Lipinski definition) is 1. The first-order chi connectivity index (χ1) is 20.4. The van der Waals surface area contributed by atoms with Crippen LogP contribution in [0.3, 0.4) is 0 Å². The van der Waals surface area contributed by atoms with Crippen LogP contribution in [0.4, 0.5) is 35.1 Å². The fourth-order valence-electron chi connectivity index (χ4n) is 4.55. The zero-order valence-electron chi connectivity index (χ0n) is 22.3. The summed E-state index contributed by atoms with van der Waals surface area (Å²) in [6, 6.07) is 6.85. The van der Waals surface area contributed by atoms with Crippen LogP contribution in [0.5, 0.6) is 17.2 Å². The van der Waals surface area contributed by atoms with Crippen molar-refractivity contribution in [3.8, 4) is 17.2 Å². The summed E-state index contributed by atoms with van der Waals surface area (Å²) in [7, 11) is 1.46. The maximum absolute atomic E-state index is 14.7. The Labute approximate surface area is 239 Å². The number of amides is 1. The number of nitrogens with one attached hydrogen (secondary N) is 1. The Morgan fingerprint density at radius 2 is 1.33 bits per heavy atom. The minimum atomic E-state index is -2.39. The van der Waals surface area contributed by atoms with E-state index in [-0.39, 0.29) is 44.8 Å². The summed E-state index contributed by atoms with van der Waals surface area (Å²) >= 11 is 0. The van der Waals surface area contributed by atoms with E-state index in [1.165, 1.54) is 7.11 Å². The molecule has 1 amide bonds. The summed E-state index contributed by atoms with van der Waals surface area (Å²) in [5.74, 6) is -21.8. The van der Waals surface area contributed by atoms with Gasteiger partial charge in [0.1, 0.15) is 12.4 Å². The van der Waals surface area contributed by atoms with Gasteiger partial charge in [-0.2, -0.15) is 13.2 Å². The molecule has 230 valence electrons. The van der Waals surface area contributed by atoms with Crippen molar-refractivity contribution >= 4 is 11.9 Å². The van der Waals surface area contributed by atoms with Gasteiger partial charge in [0.05, 0.1) is 18.6 Å². The highest BCUT2D eigenvalue weighted by Crippen LogP contribution is 2.34. The molecule has 0 heterocycles. The number of carbonyl (C=O) groups excluding carboxylic acids is 2. The number of hydrogen-bond acceptors (Lipinski definition) is 5.